The Bertz CT molecular complexity index is 976. The number of ether oxygens (including phenoxy) is 2. The van der Waals surface area contributed by atoms with Crippen LogP contribution in [0.25, 0.3) is 0 Å². The highest BCUT2D eigenvalue weighted by molar-refractivity contribution is 9.10. The number of carbonyl (C=O) groups is 1. The zero-order chi connectivity index (χ0) is 21.3. The first-order chi connectivity index (χ1) is 14.5. The van der Waals surface area contributed by atoms with Gasteiger partial charge in [-0.05, 0) is 47.0 Å². The second kappa shape index (κ2) is 10.8. The minimum Gasteiger partial charge on any atom is -0.497 e. The number of amides is 2. The predicted octanol–water partition coefficient (Wildman–Crippen LogP) is 5.84. The van der Waals surface area contributed by atoms with E-state index in [4.69, 9.17) is 9.47 Å². The average molecular weight is 469 g/mol. The fraction of sp³-hybridized carbons (Fsp3) is 0.208. The largest absolute Gasteiger partial charge is 0.497 e. The van der Waals surface area contributed by atoms with E-state index in [0.717, 1.165) is 32.6 Å². The highest BCUT2D eigenvalue weighted by Gasteiger charge is 2.11. The van der Waals surface area contributed by atoms with E-state index >= 15 is 0 Å². The lowest BCUT2D eigenvalue weighted by atomic mass is 10.2. The lowest BCUT2D eigenvalue weighted by Gasteiger charge is -2.19. The summed E-state index contributed by atoms with van der Waals surface area (Å²) >= 11 is 3.52. The first-order valence-corrected chi connectivity index (χ1v) is 10.4. The molecule has 3 aromatic rings. The fourth-order valence-electron chi connectivity index (χ4n) is 2.92. The van der Waals surface area contributed by atoms with E-state index in [2.05, 4.69) is 21.2 Å². The monoisotopic (exact) mass is 468 g/mol. The van der Waals surface area contributed by atoms with Gasteiger partial charge in [-0.15, -0.1) is 0 Å². The van der Waals surface area contributed by atoms with Gasteiger partial charge in [0, 0.05) is 23.8 Å². The van der Waals surface area contributed by atoms with Crippen molar-refractivity contribution in [3.05, 3.63) is 94.0 Å². The molecule has 6 heteroatoms. The van der Waals surface area contributed by atoms with Crippen molar-refractivity contribution in [1.82, 2.24) is 4.90 Å². The summed E-state index contributed by atoms with van der Waals surface area (Å²) < 4.78 is 12.0. The number of carbonyl (C=O) groups excluding carboxylic acids is 1. The van der Waals surface area contributed by atoms with Crippen molar-refractivity contribution in [3.8, 4) is 5.75 Å². The molecule has 0 heterocycles. The molecule has 30 heavy (non-hydrogen) atoms. The number of methoxy groups -OCH3 is 1. The number of anilines is 1. The van der Waals surface area contributed by atoms with Crippen molar-refractivity contribution in [1.29, 1.82) is 0 Å². The number of hydrogen-bond acceptors (Lipinski definition) is 3. The summed E-state index contributed by atoms with van der Waals surface area (Å²) in [6.45, 7) is 1.48. The number of nitrogens with zero attached hydrogens (tertiary/aromatic N) is 1. The highest BCUT2D eigenvalue weighted by atomic mass is 79.9. The lowest BCUT2D eigenvalue weighted by Crippen LogP contribution is -2.31. The smallest absolute Gasteiger partial charge is 0.321 e. The summed E-state index contributed by atoms with van der Waals surface area (Å²) in [5.74, 6) is 0.826. The second-order valence-corrected chi connectivity index (χ2v) is 7.77. The Morgan fingerprint density at radius 1 is 0.967 bits per heavy atom. The molecule has 156 valence electrons. The standard InChI is InChI=1S/C24H25BrN2O3/c1-27(15-20-7-3-4-9-23(20)25)24(28)26-21-8-5-6-19(14-21)17-30-16-18-10-12-22(29-2)13-11-18/h3-14H,15-17H2,1-2H3,(H,26,28). The average Bonchev–Trinajstić information content (AvgIpc) is 2.76. The van der Waals surface area contributed by atoms with E-state index in [-0.39, 0.29) is 6.03 Å². The number of urea groups is 1. The third-order valence-electron chi connectivity index (χ3n) is 4.59. The van der Waals surface area contributed by atoms with Crippen LogP contribution in [-0.4, -0.2) is 25.1 Å². The highest BCUT2D eigenvalue weighted by Crippen LogP contribution is 2.19. The van der Waals surface area contributed by atoms with E-state index < -0.39 is 0 Å². The molecule has 5 nitrogen and oxygen atoms in total. The molecule has 0 unspecified atom stereocenters. The number of rotatable bonds is 8. The second-order valence-electron chi connectivity index (χ2n) is 6.92. The molecule has 0 aliphatic rings. The van der Waals surface area contributed by atoms with Crippen LogP contribution in [0.4, 0.5) is 10.5 Å². The molecule has 0 saturated heterocycles. The molecule has 2 amide bonds. The summed E-state index contributed by atoms with van der Waals surface area (Å²) in [6.07, 6.45) is 0. The Kier molecular flexibility index (Phi) is 7.88. The quantitative estimate of drug-likeness (QED) is 0.451. The van der Waals surface area contributed by atoms with E-state index in [9.17, 15) is 4.79 Å². The van der Waals surface area contributed by atoms with E-state index in [1.54, 1.807) is 19.1 Å². The molecule has 0 fully saturated rings. The van der Waals surface area contributed by atoms with Crippen molar-refractivity contribution in [2.75, 3.05) is 19.5 Å². The van der Waals surface area contributed by atoms with Crippen molar-refractivity contribution in [3.63, 3.8) is 0 Å². The third kappa shape index (κ3) is 6.34. The minimum absolute atomic E-state index is 0.165. The first-order valence-electron chi connectivity index (χ1n) is 9.60. The van der Waals surface area contributed by atoms with Crippen LogP contribution >= 0.6 is 15.9 Å². The topological polar surface area (TPSA) is 50.8 Å². The summed E-state index contributed by atoms with van der Waals surface area (Å²) in [4.78, 5) is 14.2. The first kappa shape index (κ1) is 21.9. The molecule has 0 bridgehead atoms. The molecule has 0 aromatic heterocycles. The van der Waals surface area contributed by atoms with Crippen LogP contribution in [0.3, 0.4) is 0 Å². The van der Waals surface area contributed by atoms with Crippen molar-refractivity contribution in [2.24, 2.45) is 0 Å². The lowest BCUT2D eigenvalue weighted by molar-refractivity contribution is 0.107. The molecular formula is C24H25BrN2O3. The van der Waals surface area contributed by atoms with Gasteiger partial charge in [0.25, 0.3) is 0 Å². The Labute approximate surface area is 185 Å². The van der Waals surface area contributed by atoms with Gasteiger partial charge in [-0.2, -0.15) is 0 Å². The molecule has 0 aliphatic carbocycles. The third-order valence-corrected chi connectivity index (χ3v) is 5.36. The van der Waals surface area contributed by atoms with Crippen LogP contribution in [0.1, 0.15) is 16.7 Å². The maximum atomic E-state index is 12.5. The van der Waals surface area contributed by atoms with Gasteiger partial charge in [0.15, 0.2) is 0 Å². The maximum absolute atomic E-state index is 12.5. The number of benzene rings is 3. The molecule has 0 spiro atoms. The molecule has 1 N–H and O–H groups in total. The van der Waals surface area contributed by atoms with E-state index in [1.165, 1.54) is 0 Å². The number of nitrogens with one attached hydrogen (secondary N) is 1. The van der Waals surface area contributed by atoms with E-state index in [1.807, 2.05) is 72.8 Å². The summed E-state index contributed by atoms with van der Waals surface area (Å²) in [6, 6.07) is 23.2. The molecule has 0 radical (unpaired) electrons. The van der Waals surface area contributed by atoms with Gasteiger partial charge in [0.05, 0.1) is 20.3 Å². The van der Waals surface area contributed by atoms with Crippen molar-refractivity contribution in [2.45, 2.75) is 19.8 Å². The molecule has 0 atom stereocenters. The maximum Gasteiger partial charge on any atom is 0.321 e. The molecule has 0 saturated carbocycles. The van der Waals surface area contributed by atoms with Crippen LogP contribution in [0.5, 0.6) is 5.75 Å². The number of halogens is 1. The van der Waals surface area contributed by atoms with Gasteiger partial charge in [0.2, 0.25) is 0 Å². The van der Waals surface area contributed by atoms with Crippen LogP contribution in [0.15, 0.2) is 77.3 Å². The van der Waals surface area contributed by atoms with E-state index in [0.29, 0.717) is 19.8 Å². The molecule has 3 rings (SSSR count). The fourth-order valence-corrected chi connectivity index (χ4v) is 3.33. The van der Waals surface area contributed by atoms with Gasteiger partial charge in [-0.3, -0.25) is 0 Å². The van der Waals surface area contributed by atoms with Gasteiger partial charge in [-0.1, -0.05) is 58.4 Å². The molecule has 3 aromatic carbocycles. The molecule has 0 aliphatic heterocycles. The van der Waals surface area contributed by atoms with Gasteiger partial charge >= 0.3 is 6.03 Å². The van der Waals surface area contributed by atoms with Gasteiger partial charge in [0.1, 0.15) is 5.75 Å². The minimum atomic E-state index is -0.165. The predicted molar refractivity (Wildman–Crippen MR) is 123 cm³/mol. The summed E-state index contributed by atoms with van der Waals surface area (Å²) in [7, 11) is 3.42. The summed E-state index contributed by atoms with van der Waals surface area (Å²) in [5.41, 5.74) is 3.86. The van der Waals surface area contributed by atoms with Crippen LogP contribution in [0.2, 0.25) is 0 Å². The zero-order valence-electron chi connectivity index (χ0n) is 17.1. The Hall–Kier alpha value is -2.83. The Balaban J connectivity index is 1.51. The normalized spacial score (nSPS) is 10.5. The summed E-state index contributed by atoms with van der Waals surface area (Å²) in [5, 5.41) is 2.94. The van der Waals surface area contributed by atoms with Crippen molar-refractivity contribution < 1.29 is 14.3 Å². The SMILES string of the molecule is COc1ccc(COCc2cccc(NC(=O)N(C)Cc3ccccc3Br)c2)cc1. The number of hydrogen-bond donors (Lipinski definition) is 1. The Morgan fingerprint density at radius 2 is 1.70 bits per heavy atom. The van der Waals surface area contributed by atoms with Gasteiger partial charge < -0.3 is 19.7 Å². The van der Waals surface area contributed by atoms with Gasteiger partial charge in [-0.25, -0.2) is 4.79 Å². The van der Waals surface area contributed by atoms with Crippen molar-refractivity contribution >= 4 is 27.6 Å². The van der Waals surface area contributed by atoms with Crippen LogP contribution in [-0.2, 0) is 24.5 Å². The van der Waals surface area contributed by atoms with Crippen LogP contribution < -0.4 is 10.1 Å². The van der Waals surface area contributed by atoms with Crippen LogP contribution in [0, 0.1) is 0 Å². The Morgan fingerprint density at radius 3 is 2.43 bits per heavy atom. The zero-order valence-corrected chi connectivity index (χ0v) is 18.7. The molecular weight excluding hydrogens is 444 g/mol.